The fraction of sp³-hybridized carbons (Fsp3) is 0.214. The van der Waals surface area contributed by atoms with E-state index in [2.05, 4.69) is 35.0 Å². The molecule has 0 saturated carbocycles. The van der Waals surface area contributed by atoms with E-state index in [4.69, 9.17) is 39.5 Å². The van der Waals surface area contributed by atoms with Gasteiger partial charge in [-0.25, -0.2) is 0 Å². The molecule has 0 spiro atoms. The van der Waals surface area contributed by atoms with Gasteiger partial charge in [0.1, 0.15) is 5.75 Å². The summed E-state index contributed by atoms with van der Waals surface area (Å²) < 4.78 is 5.54. The molecule has 195 valence electrons. The molecule has 0 fully saturated rings. The van der Waals surface area contributed by atoms with Crippen LogP contribution in [0.25, 0.3) is 0 Å². The van der Waals surface area contributed by atoms with Gasteiger partial charge in [-0.2, -0.15) is 5.10 Å². The van der Waals surface area contributed by atoms with Gasteiger partial charge in [0.25, 0.3) is 0 Å². The summed E-state index contributed by atoms with van der Waals surface area (Å²) in [6.07, 6.45) is 3.99. The number of allylic oxidation sites excluding steroid dienone is 2. The Balaban J connectivity index is 0.00000380. The molecule has 0 bridgehead atoms. The third-order valence-electron chi connectivity index (χ3n) is 6.41. The summed E-state index contributed by atoms with van der Waals surface area (Å²) >= 11 is 19.6. The number of halogens is 3. The molecular weight excluding hydrogens is 576 g/mol. The van der Waals surface area contributed by atoms with Crippen molar-refractivity contribution in [1.82, 2.24) is 0 Å². The van der Waals surface area contributed by atoms with Gasteiger partial charge in [0.05, 0.1) is 23.4 Å². The number of likely N-dealkylation sites (N-methyl/N-ethyl adjacent to an activating group) is 1. The Hall–Kier alpha value is -2.48. The topological polar surface area (TPSA) is 57.4 Å². The van der Waals surface area contributed by atoms with E-state index in [1.54, 1.807) is 37.6 Å². The minimum atomic E-state index is -0.533. The Labute approximate surface area is 242 Å². The molecule has 5 nitrogen and oxygen atoms in total. The molecule has 1 atom stereocenters. The zero-order valence-corrected chi connectivity index (χ0v) is 23.8. The number of hydrogen-bond donors (Lipinski definition) is 1. The Kier molecular flexibility index (Phi) is 9.72. The molecule has 0 aromatic heterocycles. The number of benzene rings is 3. The average Bonchev–Trinajstić information content (AvgIpc) is 3.13. The smallest absolute Gasteiger partial charge is 0.238 e. The Morgan fingerprint density at radius 1 is 1.05 bits per heavy atom. The predicted octanol–water partition coefficient (Wildman–Crippen LogP) is 7.87. The fourth-order valence-corrected chi connectivity index (χ4v) is 5.29. The fourth-order valence-electron chi connectivity index (χ4n) is 4.61. The van der Waals surface area contributed by atoms with Gasteiger partial charge in [-0.3, -0.25) is 0 Å². The monoisotopic (exact) mass is 600 g/mol. The van der Waals surface area contributed by atoms with Crippen molar-refractivity contribution in [3.05, 3.63) is 104 Å². The average molecular weight is 602 g/mol. The first-order valence-corrected chi connectivity index (χ1v) is 12.6. The van der Waals surface area contributed by atoms with Crippen molar-refractivity contribution < 1.29 is 26.6 Å². The van der Waals surface area contributed by atoms with Crippen LogP contribution in [0.5, 0.6) is 5.75 Å². The van der Waals surface area contributed by atoms with E-state index in [9.17, 15) is 5.11 Å². The maximum atomic E-state index is 10.2. The molecule has 4 rings (SSSR count). The molecule has 0 aliphatic carbocycles. The maximum absolute atomic E-state index is 10.2. The van der Waals surface area contributed by atoms with Crippen LogP contribution >= 0.6 is 34.8 Å². The molecule has 37 heavy (non-hydrogen) atoms. The van der Waals surface area contributed by atoms with Gasteiger partial charge >= 0.3 is 0 Å². The normalized spacial score (nSPS) is 18.3. The van der Waals surface area contributed by atoms with E-state index in [1.807, 2.05) is 36.4 Å². The van der Waals surface area contributed by atoms with Crippen LogP contribution in [0.15, 0.2) is 82.6 Å². The second-order valence-electron chi connectivity index (χ2n) is 8.56. The van der Waals surface area contributed by atoms with E-state index in [0.717, 1.165) is 34.8 Å². The Bertz CT molecular complexity index is 1360. The van der Waals surface area contributed by atoms with Crippen LogP contribution in [-0.2, 0) is 28.6 Å². The van der Waals surface area contributed by atoms with E-state index in [1.165, 1.54) is 0 Å². The first-order valence-electron chi connectivity index (χ1n) is 11.4. The number of nitrogens with zero attached hydrogens (tertiary/aromatic N) is 3. The Morgan fingerprint density at radius 3 is 2.43 bits per heavy atom. The maximum Gasteiger partial charge on any atom is 0.238 e. The van der Waals surface area contributed by atoms with E-state index in [-0.39, 0.29) is 22.7 Å². The number of anilines is 1. The molecule has 9 heteroatoms. The number of aliphatic hydroxyl groups is 1. The van der Waals surface area contributed by atoms with Gasteiger partial charge < -0.3 is 14.7 Å². The number of methoxy groups -OCH3 is 1. The molecule has 1 N–H and O–H groups in total. The minimum absolute atomic E-state index is 0. The minimum Gasteiger partial charge on any atom is -0.497 e. The summed E-state index contributed by atoms with van der Waals surface area (Å²) in [5.41, 5.74) is 3.94. The van der Waals surface area contributed by atoms with Gasteiger partial charge in [0.2, 0.25) is 5.90 Å². The third-order valence-corrected chi connectivity index (χ3v) is 7.61. The first-order chi connectivity index (χ1) is 17.3. The molecule has 1 aliphatic rings. The number of fused-ring (bicyclic) bond motifs is 1. The van der Waals surface area contributed by atoms with E-state index < -0.39 is 5.41 Å². The van der Waals surface area contributed by atoms with Crippen LogP contribution in [0.4, 0.5) is 5.69 Å². The molecule has 3 aromatic carbocycles. The summed E-state index contributed by atoms with van der Waals surface area (Å²) in [5, 5.41) is 19.8. The number of aliphatic hydroxyl groups excluding tert-OH is 1. The summed E-state index contributed by atoms with van der Waals surface area (Å²) in [6, 6.07) is 18.6. The molecule has 1 heterocycles. The van der Waals surface area contributed by atoms with Crippen LogP contribution in [0.2, 0.25) is 15.1 Å². The predicted molar refractivity (Wildman–Crippen MR) is 151 cm³/mol. The van der Waals surface area contributed by atoms with Crippen LogP contribution in [0, 0.1) is 0 Å². The van der Waals surface area contributed by atoms with Crippen molar-refractivity contribution in [3.63, 3.8) is 0 Å². The summed E-state index contributed by atoms with van der Waals surface area (Å²) in [5.74, 6) is 0.601. The summed E-state index contributed by atoms with van der Waals surface area (Å²) in [6.45, 7) is 4.95. The van der Waals surface area contributed by atoms with Gasteiger partial charge in [0, 0.05) is 50.7 Å². The SMILES string of the molecule is CCN1\C(=C/C=N/N=C(\O)c2ccccc2)C(C)(Cc2c(Cl)ccc(Cl)c2Cl)c2cc(OC)ccc21.[Co]. The number of ether oxygens (including phenoxy) is 1. The third kappa shape index (κ3) is 5.84. The van der Waals surface area contributed by atoms with Crippen LogP contribution < -0.4 is 9.64 Å². The zero-order valence-electron chi connectivity index (χ0n) is 20.5. The number of hydrogen-bond acceptors (Lipinski definition) is 4. The van der Waals surface area contributed by atoms with Gasteiger partial charge in [-0.05, 0) is 79.9 Å². The van der Waals surface area contributed by atoms with Crippen LogP contribution in [0.1, 0.15) is 30.5 Å². The molecule has 1 radical (unpaired) electrons. The van der Waals surface area contributed by atoms with E-state index in [0.29, 0.717) is 27.1 Å². The standard InChI is InChI=1S/C28H26Cl3N3O2.Co/c1-4-34-24-13-10-19(36-3)16-21(24)28(2,17-20-22(29)11-12-23(30)26(20)31)25(34)14-15-32-33-27(35)18-8-6-5-7-9-18;/h5-16H,4,17H2,1-3H3,(H,33,35);/b25-14-,32-15+;. The molecule has 1 unspecified atom stereocenters. The summed E-state index contributed by atoms with van der Waals surface area (Å²) in [4.78, 5) is 2.22. The van der Waals surface area contributed by atoms with Gasteiger partial charge in [0.15, 0.2) is 0 Å². The van der Waals surface area contributed by atoms with Crippen molar-refractivity contribution in [2.24, 2.45) is 10.2 Å². The number of rotatable bonds is 7. The van der Waals surface area contributed by atoms with Gasteiger partial charge in [-0.15, -0.1) is 5.10 Å². The first kappa shape index (κ1) is 29.1. The molecule has 1 aliphatic heterocycles. The quantitative estimate of drug-likeness (QED) is 0.130. The van der Waals surface area contributed by atoms with E-state index >= 15 is 0 Å². The second kappa shape index (κ2) is 12.4. The largest absolute Gasteiger partial charge is 0.497 e. The van der Waals surface area contributed by atoms with Crippen molar-refractivity contribution in [2.75, 3.05) is 18.6 Å². The van der Waals surface area contributed by atoms with Crippen molar-refractivity contribution in [2.45, 2.75) is 25.7 Å². The van der Waals surface area contributed by atoms with Crippen molar-refractivity contribution >= 4 is 52.6 Å². The second-order valence-corrected chi connectivity index (χ2v) is 9.76. The van der Waals surface area contributed by atoms with Crippen molar-refractivity contribution in [1.29, 1.82) is 0 Å². The zero-order chi connectivity index (χ0) is 25.9. The summed E-state index contributed by atoms with van der Waals surface area (Å²) in [7, 11) is 1.65. The van der Waals surface area contributed by atoms with Crippen LogP contribution in [0.3, 0.4) is 0 Å². The molecule has 0 saturated heterocycles. The van der Waals surface area contributed by atoms with Crippen LogP contribution in [-0.4, -0.2) is 30.9 Å². The van der Waals surface area contributed by atoms with Gasteiger partial charge in [-0.1, -0.05) is 53.0 Å². The molecule has 3 aromatic rings. The molecule has 0 amide bonds. The Morgan fingerprint density at radius 2 is 1.76 bits per heavy atom. The molecular formula is C28H26Cl3CoN3O2. The van der Waals surface area contributed by atoms with Crippen molar-refractivity contribution in [3.8, 4) is 5.75 Å².